The molecule has 23 heavy (non-hydrogen) atoms. The maximum absolute atomic E-state index is 12.1. The third-order valence-corrected chi connectivity index (χ3v) is 3.72. The van der Waals surface area contributed by atoms with E-state index in [9.17, 15) is 9.59 Å². The lowest BCUT2D eigenvalue weighted by atomic mass is 10.1. The average Bonchev–Trinajstić information content (AvgIpc) is 2.98. The number of pyridine rings is 2. The summed E-state index contributed by atoms with van der Waals surface area (Å²) in [5.41, 5.74) is 2.24. The van der Waals surface area contributed by atoms with E-state index >= 15 is 0 Å². The zero-order valence-corrected chi connectivity index (χ0v) is 12.7. The van der Waals surface area contributed by atoms with Crippen molar-refractivity contribution in [2.24, 2.45) is 0 Å². The Balaban J connectivity index is 1.94. The number of aryl methyl sites for hydroxylation is 1. The molecule has 3 rings (SSSR count). The molecule has 2 aromatic heterocycles. The topological polar surface area (TPSA) is 78.4 Å². The van der Waals surface area contributed by atoms with E-state index in [0.717, 1.165) is 24.1 Å². The molecule has 1 atom stereocenters. The van der Waals surface area contributed by atoms with Crippen molar-refractivity contribution in [3.8, 4) is 5.88 Å². The normalized spacial score (nSPS) is 15.8. The number of esters is 1. The zero-order chi connectivity index (χ0) is 16.2. The van der Waals surface area contributed by atoms with Crippen LogP contribution < -0.4 is 4.74 Å². The second kappa shape index (κ2) is 6.56. The van der Waals surface area contributed by atoms with Crippen molar-refractivity contribution in [3.05, 3.63) is 53.0 Å². The average molecular weight is 312 g/mol. The Kier molecular flexibility index (Phi) is 4.32. The summed E-state index contributed by atoms with van der Waals surface area (Å²) in [5, 5.41) is 0. The summed E-state index contributed by atoms with van der Waals surface area (Å²) < 4.78 is 10.9. The molecule has 0 radical (unpaired) electrons. The number of carbonyl (C=O) groups is 2. The van der Waals surface area contributed by atoms with Crippen molar-refractivity contribution < 1.29 is 19.1 Å². The first-order valence-corrected chi connectivity index (χ1v) is 7.46. The fraction of sp³-hybridized carbons (Fsp3) is 0.294. The minimum absolute atomic E-state index is 0.0636. The monoisotopic (exact) mass is 312 g/mol. The molecule has 2 aromatic rings. The summed E-state index contributed by atoms with van der Waals surface area (Å²) in [4.78, 5) is 31.8. The van der Waals surface area contributed by atoms with Gasteiger partial charge in [-0.1, -0.05) is 6.07 Å². The molecular weight excluding hydrogens is 296 g/mol. The minimum Gasteiger partial charge on any atom is -0.467 e. The van der Waals surface area contributed by atoms with Crippen molar-refractivity contribution in [1.29, 1.82) is 0 Å². The fourth-order valence-corrected chi connectivity index (χ4v) is 2.68. The van der Waals surface area contributed by atoms with Gasteiger partial charge in [-0.15, -0.1) is 0 Å². The van der Waals surface area contributed by atoms with Crippen LogP contribution in [0.15, 0.2) is 30.6 Å². The van der Waals surface area contributed by atoms with Crippen LogP contribution in [0.25, 0.3) is 0 Å². The first-order valence-electron chi connectivity index (χ1n) is 7.46. The number of carbonyl (C=O) groups excluding carboxylic acids is 2. The second-order valence-electron chi connectivity index (χ2n) is 5.11. The van der Waals surface area contributed by atoms with Crippen LogP contribution in [0.4, 0.5) is 0 Å². The summed E-state index contributed by atoms with van der Waals surface area (Å²) in [6, 6.07) is 5.36. The van der Waals surface area contributed by atoms with Crippen molar-refractivity contribution in [2.45, 2.75) is 25.9 Å². The molecule has 0 saturated carbocycles. The molecule has 1 aliphatic rings. The number of fused-ring (bicyclic) bond motifs is 1. The van der Waals surface area contributed by atoms with Gasteiger partial charge in [0.15, 0.2) is 6.29 Å². The highest BCUT2D eigenvalue weighted by Gasteiger charge is 2.28. The van der Waals surface area contributed by atoms with Crippen LogP contribution >= 0.6 is 0 Å². The number of ether oxygens (including phenoxy) is 2. The van der Waals surface area contributed by atoms with Gasteiger partial charge in [-0.05, 0) is 37.5 Å². The van der Waals surface area contributed by atoms with Gasteiger partial charge >= 0.3 is 5.97 Å². The second-order valence-corrected chi connectivity index (χ2v) is 5.11. The summed E-state index contributed by atoms with van der Waals surface area (Å²) in [6.07, 6.45) is 5.07. The van der Waals surface area contributed by atoms with Gasteiger partial charge in [0.1, 0.15) is 11.7 Å². The number of nitrogens with zero attached hydrogens (tertiary/aromatic N) is 2. The van der Waals surface area contributed by atoms with Crippen LogP contribution in [0.2, 0.25) is 0 Å². The Bertz CT molecular complexity index is 745. The van der Waals surface area contributed by atoms with E-state index in [-0.39, 0.29) is 29.7 Å². The molecule has 6 heteroatoms. The Morgan fingerprint density at radius 3 is 3.00 bits per heavy atom. The lowest BCUT2D eigenvalue weighted by Gasteiger charge is -2.16. The third-order valence-electron chi connectivity index (χ3n) is 3.72. The molecule has 1 unspecified atom stereocenters. The molecule has 0 fully saturated rings. The molecule has 0 saturated heterocycles. The molecule has 0 amide bonds. The lowest BCUT2D eigenvalue weighted by Crippen LogP contribution is -2.14. The Hall–Kier alpha value is -2.76. The van der Waals surface area contributed by atoms with Gasteiger partial charge < -0.3 is 9.47 Å². The molecule has 0 aromatic carbocycles. The molecule has 0 spiro atoms. The molecule has 118 valence electrons. The molecule has 0 bridgehead atoms. The largest absolute Gasteiger partial charge is 0.467 e. The van der Waals surface area contributed by atoms with Crippen molar-refractivity contribution in [2.75, 3.05) is 6.61 Å². The number of hydrogen-bond donors (Lipinski definition) is 0. The first-order chi connectivity index (χ1) is 11.2. The zero-order valence-electron chi connectivity index (χ0n) is 12.7. The van der Waals surface area contributed by atoms with E-state index in [1.165, 1.54) is 12.3 Å². The SMILES string of the molecule is CCOC(=O)c1c(C=O)ccnc1OC1CCc2cccnc21. The number of aldehydes is 1. The van der Waals surface area contributed by atoms with Crippen molar-refractivity contribution >= 4 is 12.3 Å². The Labute approximate surface area is 133 Å². The van der Waals surface area contributed by atoms with Gasteiger partial charge in [-0.25, -0.2) is 9.78 Å². The number of hydrogen-bond acceptors (Lipinski definition) is 6. The fourth-order valence-electron chi connectivity index (χ4n) is 2.68. The predicted octanol–water partition coefficient (Wildman–Crippen LogP) is 2.53. The van der Waals surface area contributed by atoms with Crippen LogP contribution in [-0.2, 0) is 11.2 Å². The maximum atomic E-state index is 12.1. The van der Waals surface area contributed by atoms with Gasteiger partial charge in [-0.3, -0.25) is 9.78 Å². The smallest absolute Gasteiger partial charge is 0.344 e. The minimum atomic E-state index is -0.614. The van der Waals surface area contributed by atoms with Gasteiger partial charge in [0.25, 0.3) is 0 Å². The van der Waals surface area contributed by atoms with Crippen LogP contribution in [-0.4, -0.2) is 28.8 Å². The van der Waals surface area contributed by atoms with Gasteiger partial charge in [0.05, 0.1) is 12.3 Å². The lowest BCUT2D eigenvalue weighted by molar-refractivity contribution is 0.0514. The highest BCUT2D eigenvalue weighted by Crippen LogP contribution is 2.34. The highest BCUT2D eigenvalue weighted by atomic mass is 16.5. The van der Waals surface area contributed by atoms with Crippen molar-refractivity contribution in [1.82, 2.24) is 9.97 Å². The van der Waals surface area contributed by atoms with E-state index in [0.29, 0.717) is 6.29 Å². The van der Waals surface area contributed by atoms with Crippen LogP contribution in [0.3, 0.4) is 0 Å². The van der Waals surface area contributed by atoms with Crippen LogP contribution in [0, 0.1) is 0 Å². The highest BCUT2D eigenvalue weighted by molar-refractivity contribution is 6.00. The van der Waals surface area contributed by atoms with E-state index in [1.54, 1.807) is 13.1 Å². The summed E-state index contributed by atoms with van der Waals surface area (Å²) >= 11 is 0. The molecular formula is C17H16N2O4. The Morgan fingerprint density at radius 1 is 1.35 bits per heavy atom. The molecule has 0 aliphatic heterocycles. The standard InChI is InChI=1S/C17H16N2O4/c1-2-22-17(21)14-12(10-20)7-9-19-16(14)23-13-6-5-11-4-3-8-18-15(11)13/h3-4,7-10,13H,2,5-6H2,1H3. The van der Waals surface area contributed by atoms with E-state index < -0.39 is 5.97 Å². The molecule has 6 nitrogen and oxygen atoms in total. The summed E-state index contributed by atoms with van der Waals surface area (Å²) in [6.45, 7) is 1.91. The number of rotatable bonds is 5. The molecule has 1 aliphatic carbocycles. The number of aromatic nitrogens is 2. The molecule has 2 heterocycles. The predicted molar refractivity (Wildman–Crippen MR) is 81.5 cm³/mol. The van der Waals surface area contributed by atoms with Gasteiger partial charge in [0, 0.05) is 18.0 Å². The van der Waals surface area contributed by atoms with Crippen LogP contribution in [0.1, 0.15) is 51.4 Å². The Morgan fingerprint density at radius 2 is 2.22 bits per heavy atom. The maximum Gasteiger partial charge on any atom is 0.344 e. The quantitative estimate of drug-likeness (QED) is 0.623. The summed E-state index contributed by atoms with van der Waals surface area (Å²) in [7, 11) is 0. The van der Waals surface area contributed by atoms with E-state index in [1.807, 2.05) is 12.1 Å². The van der Waals surface area contributed by atoms with E-state index in [2.05, 4.69) is 9.97 Å². The van der Waals surface area contributed by atoms with Gasteiger partial charge in [0.2, 0.25) is 5.88 Å². The molecule has 0 N–H and O–H groups in total. The van der Waals surface area contributed by atoms with E-state index in [4.69, 9.17) is 9.47 Å². The summed E-state index contributed by atoms with van der Waals surface area (Å²) in [5.74, 6) is -0.506. The van der Waals surface area contributed by atoms with Crippen LogP contribution in [0.5, 0.6) is 5.88 Å². The first kappa shape index (κ1) is 15.1. The van der Waals surface area contributed by atoms with Crippen molar-refractivity contribution in [3.63, 3.8) is 0 Å². The third kappa shape index (κ3) is 2.92. The van der Waals surface area contributed by atoms with Gasteiger partial charge in [-0.2, -0.15) is 0 Å².